The number of nitrogens with zero attached hydrogens (tertiary/aromatic N) is 5. The standard InChI is InChI=1S/C22H24Cl2FN3O3S.C21H24ClFN4O3S/c1-14-10-16(2-5-19(14)23)28-8-6-27(7-9-28)13-15-11-21(25)18(12-20(15)24)22(29)26-32(30,31)17-3-4-17;1-14-2-5-20(24-12-14)27-8-6-26(7-9-27)13-15-10-19(23)17(11-18(15)22)21(28)25-31(29,30)16-3-4-16/h2,5,10-12,17H,3-4,6-9,13H2,1H3,(H,26,29);2,5,10-12,16H,3-4,6-9,13H2,1H3,(H,25,28). The molecule has 2 saturated carbocycles. The van der Waals surface area contributed by atoms with Gasteiger partial charge in [0.1, 0.15) is 17.5 Å². The molecule has 1 aromatic heterocycles. The molecule has 0 radical (unpaired) electrons. The first-order chi connectivity index (χ1) is 29.9. The number of halogens is 5. The van der Waals surface area contributed by atoms with Crippen LogP contribution < -0.4 is 19.2 Å². The molecule has 0 spiro atoms. The predicted molar refractivity (Wildman–Crippen MR) is 242 cm³/mol. The first-order valence-electron chi connectivity index (χ1n) is 20.6. The van der Waals surface area contributed by atoms with E-state index in [0.717, 1.165) is 80.0 Å². The highest BCUT2D eigenvalue weighted by Crippen LogP contribution is 2.31. The third-order valence-electron chi connectivity index (χ3n) is 11.4. The zero-order valence-electron chi connectivity index (χ0n) is 34.7. The summed E-state index contributed by atoms with van der Waals surface area (Å²) >= 11 is 18.7. The molecule has 4 fully saturated rings. The Balaban J connectivity index is 0.000000189. The van der Waals surface area contributed by atoms with Crippen LogP contribution in [0.3, 0.4) is 0 Å². The summed E-state index contributed by atoms with van der Waals surface area (Å²) in [5.74, 6) is -2.62. The Hall–Kier alpha value is -4.10. The first-order valence-corrected chi connectivity index (χ1v) is 24.8. The Morgan fingerprint density at radius 2 is 1.10 bits per heavy atom. The largest absolute Gasteiger partial charge is 0.369 e. The molecule has 13 nitrogen and oxygen atoms in total. The highest BCUT2D eigenvalue weighted by molar-refractivity contribution is 7.91. The highest BCUT2D eigenvalue weighted by atomic mass is 35.5. The van der Waals surface area contributed by atoms with Crippen molar-refractivity contribution in [2.45, 2.75) is 63.1 Å². The molecule has 4 aliphatic rings. The number of pyridine rings is 1. The second-order valence-electron chi connectivity index (χ2n) is 16.4. The third-order valence-corrected chi connectivity index (χ3v) is 16.2. The maximum atomic E-state index is 14.6. The fourth-order valence-corrected chi connectivity index (χ4v) is 10.5. The van der Waals surface area contributed by atoms with Crippen molar-refractivity contribution in [3.8, 4) is 0 Å². The number of anilines is 2. The van der Waals surface area contributed by atoms with Crippen LogP contribution in [0.2, 0.25) is 15.1 Å². The number of hydrogen-bond acceptors (Lipinski definition) is 11. The summed E-state index contributed by atoms with van der Waals surface area (Å²) < 4.78 is 80.9. The first kappa shape index (κ1) is 46.9. The minimum Gasteiger partial charge on any atom is -0.369 e. The molecule has 3 heterocycles. The van der Waals surface area contributed by atoms with Gasteiger partial charge in [0.25, 0.3) is 11.8 Å². The van der Waals surface area contributed by atoms with E-state index in [0.29, 0.717) is 49.9 Å². The van der Waals surface area contributed by atoms with Crippen LogP contribution in [-0.4, -0.2) is 106 Å². The molecule has 4 aromatic rings. The lowest BCUT2D eigenvalue weighted by molar-refractivity contribution is 0.0968. The van der Waals surface area contributed by atoms with Crippen LogP contribution in [0.15, 0.2) is 60.8 Å². The SMILES string of the molecule is Cc1cc(N2CCN(Cc3cc(F)c(C(=O)NS(=O)(=O)C4CC4)cc3Cl)CC2)ccc1Cl.Cc1ccc(N2CCN(Cc3cc(F)c(C(=O)NS(=O)(=O)C4CC4)cc3Cl)CC2)nc1. The molecule has 338 valence electrons. The molecular formula is C43H48Cl3F2N7O6S2. The van der Waals surface area contributed by atoms with E-state index >= 15 is 0 Å². The molecule has 0 unspecified atom stereocenters. The van der Waals surface area contributed by atoms with Crippen LogP contribution in [0.25, 0.3) is 0 Å². The molecule has 3 aromatic carbocycles. The summed E-state index contributed by atoms with van der Waals surface area (Å²) in [4.78, 5) is 37.8. The Kier molecular flexibility index (Phi) is 14.6. The lowest BCUT2D eigenvalue weighted by Gasteiger charge is -2.36. The van der Waals surface area contributed by atoms with E-state index in [9.17, 15) is 35.2 Å². The molecule has 20 heteroatoms. The number of hydrogen-bond donors (Lipinski definition) is 2. The lowest BCUT2D eigenvalue weighted by atomic mass is 10.1. The van der Waals surface area contributed by atoms with Gasteiger partial charge in [-0.05, 0) is 110 Å². The fourth-order valence-electron chi connectivity index (χ4n) is 7.31. The number of benzene rings is 3. The number of carbonyl (C=O) groups is 2. The van der Waals surface area contributed by atoms with Crippen molar-refractivity contribution in [2.24, 2.45) is 0 Å². The van der Waals surface area contributed by atoms with Crippen molar-refractivity contribution in [1.29, 1.82) is 0 Å². The van der Waals surface area contributed by atoms with E-state index in [4.69, 9.17) is 34.8 Å². The zero-order chi connectivity index (χ0) is 45.2. The van der Waals surface area contributed by atoms with Gasteiger partial charge in [-0.15, -0.1) is 0 Å². The quantitative estimate of drug-likeness (QED) is 0.156. The Bertz CT molecular complexity index is 2590. The van der Waals surface area contributed by atoms with Gasteiger partial charge < -0.3 is 9.80 Å². The van der Waals surface area contributed by atoms with Crippen LogP contribution in [0, 0.1) is 25.5 Å². The number of aromatic nitrogens is 1. The average molecular weight is 967 g/mol. The van der Waals surface area contributed by atoms with Gasteiger partial charge in [0.15, 0.2) is 0 Å². The molecule has 2 aliphatic heterocycles. The average Bonchev–Trinajstić information content (AvgIpc) is 4.16. The number of rotatable bonds is 12. The van der Waals surface area contributed by atoms with E-state index < -0.39 is 54.0 Å². The summed E-state index contributed by atoms with van der Waals surface area (Å²) in [6.45, 7) is 11.1. The van der Waals surface area contributed by atoms with Gasteiger partial charge in [-0.2, -0.15) is 0 Å². The molecule has 2 N–H and O–H groups in total. The summed E-state index contributed by atoms with van der Waals surface area (Å²) in [7, 11) is -7.51. The lowest BCUT2D eigenvalue weighted by Crippen LogP contribution is -2.46. The summed E-state index contributed by atoms with van der Waals surface area (Å²) in [6.07, 6.45) is 3.89. The van der Waals surface area contributed by atoms with Crippen LogP contribution in [-0.2, 0) is 33.1 Å². The van der Waals surface area contributed by atoms with Crippen molar-refractivity contribution in [1.82, 2.24) is 24.2 Å². The van der Waals surface area contributed by atoms with Gasteiger partial charge in [-0.25, -0.2) is 40.0 Å². The van der Waals surface area contributed by atoms with Gasteiger partial charge in [-0.1, -0.05) is 40.9 Å². The number of nitrogens with one attached hydrogen (secondary N) is 2. The molecule has 0 atom stereocenters. The van der Waals surface area contributed by atoms with E-state index in [1.807, 2.05) is 53.8 Å². The zero-order valence-corrected chi connectivity index (χ0v) is 38.6. The topological polar surface area (TPSA) is 152 Å². The van der Waals surface area contributed by atoms with Gasteiger partial charge in [0.05, 0.1) is 21.6 Å². The van der Waals surface area contributed by atoms with Gasteiger partial charge in [0, 0.05) is 92.4 Å². The van der Waals surface area contributed by atoms with Crippen molar-refractivity contribution in [3.63, 3.8) is 0 Å². The third kappa shape index (κ3) is 12.0. The Morgan fingerprint density at radius 1 is 0.635 bits per heavy atom. The molecule has 2 amide bonds. The molecule has 0 bridgehead atoms. The number of piperazine rings is 2. The minimum atomic E-state index is -3.76. The molecule has 2 aliphatic carbocycles. The summed E-state index contributed by atoms with van der Waals surface area (Å²) in [5.41, 5.74) is 3.64. The van der Waals surface area contributed by atoms with Gasteiger partial charge in [-0.3, -0.25) is 19.4 Å². The minimum absolute atomic E-state index is 0.233. The molecule has 63 heavy (non-hydrogen) atoms. The highest BCUT2D eigenvalue weighted by Gasteiger charge is 2.38. The number of carbonyl (C=O) groups excluding carboxylic acids is 2. The molecule has 8 rings (SSSR count). The van der Waals surface area contributed by atoms with Crippen molar-refractivity contribution < 1.29 is 35.2 Å². The second-order valence-corrected chi connectivity index (χ2v) is 21.5. The maximum absolute atomic E-state index is 14.6. The Labute approximate surface area is 381 Å². The number of sulfonamides is 2. The van der Waals surface area contributed by atoms with E-state index in [1.165, 1.54) is 24.3 Å². The van der Waals surface area contributed by atoms with Crippen molar-refractivity contribution in [3.05, 3.63) is 121 Å². The molecule has 2 saturated heterocycles. The van der Waals surface area contributed by atoms with Gasteiger partial charge >= 0.3 is 0 Å². The van der Waals surface area contributed by atoms with Crippen LogP contribution in [0.4, 0.5) is 20.3 Å². The van der Waals surface area contributed by atoms with E-state index in [1.54, 1.807) is 0 Å². The van der Waals surface area contributed by atoms with E-state index in [2.05, 4.69) is 30.6 Å². The van der Waals surface area contributed by atoms with Crippen LogP contribution in [0.1, 0.15) is 68.7 Å². The van der Waals surface area contributed by atoms with Crippen molar-refractivity contribution >= 4 is 78.2 Å². The van der Waals surface area contributed by atoms with Crippen molar-refractivity contribution in [2.75, 3.05) is 62.2 Å². The smallest absolute Gasteiger partial charge is 0.267 e. The normalized spacial score (nSPS) is 17.5. The predicted octanol–water partition coefficient (Wildman–Crippen LogP) is 6.71. The fraction of sp³-hybridized carbons (Fsp3) is 0.419. The monoisotopic (exact) mass is 965 g/mol. The summed E-state index contributed by atoms with van der Waals surface area (Å²) in [6, 6.07) is 14.9. The van der Waals surface area contributed by atoms with Gasteiger partial charge in [0.2, 0.25) is 20.0 Å². The summed E-state index contributed by atoms with van der Waals surface area (Å²) in [5, 5.41) is 0.0724. The van der Waals surface area contributed by atoms with Crippen LogP contribution >= 0.6 is 34.8 Å². The number of aryl methyl sites for hydroxylation is 2. The second kappa shape index (κ2) is 19.6. The molecular weight excluding hydrogens is 919 g/mol. The Morgan fingerprint density at radius 3 is 1.51 bits per heavy atom. The maximum Gasteiger partial charge on any atom is 0.267 e. The van der Waals surface area contributed by atoms with E-state index in [-0.39, 0.29) is 21.2 Å². The number of amides is 2. The van der Waals surface area contributed by atoms with Crippen LogP contribution in [0.5, 0.6) is 0 Å².